The van der Waals surface area contributed by atoms with E-state index >= 15 is 0 Å². The lowest BCUT2D eigenvalue weighted by Gasteiger charge is -2.21. The summed E-state index contributed by atoms with van der Waals surface area (Å²) in [4.78, 5) is 30.4. The molecule has 0 aliphatic rings. The first-order valence-electron chi connectivity index (χ1n) is 10.0. The van der Waals surface area contributed by atoms with E-state index < -0.39 is 15.9 Å². The molecule has 1 heterocycles. The molecule has 1 aromatic heterocycles. The van der Waals surface area contributed by atoms with Crippen molar-refractivity contribution in [2.45, 2.75) is 31.1 Å². The second-order valence-corrected chi connectivity index (χ2v) is 10.5. The molecule has 0 radical (unpaired) electrons. The maximum atomic E-state index is 13.3. The van der Waals surface area contributed by atoms with Crippen molar-refractivity contribution in [2.75, 3.05) is 16.7 Å². The van der Waals surface area contributed by atoms with Gasteiger partial charge in [-0.2, -0.15) is 0 Å². The van der Waals surface area contributed by atoms with Gasteiger partial charge in [0.15, 0.2) is 6.29 Å². The number of hydrogen-bond acceptors (Lipinski definition) is 5. The van der Waals surface area contributed by atoms with Gasteiger partial charge in [0.25, 0.3) is 15.9 Å². The van der Waals surface area contributed by atoms with E-state index in [2.05, 4.69) is 9.71 Å². The van der Waals surface area contributed by atoms with Gasteiger partial charge in [-0.25, -0.2) is 8.42 Å². The zero-order chi connectivity index (χ0) is 24.4. The van der Waals surface area contributed by atoms with E-state index in [0.29, 0.717) is 12.0 Å². The van der Waals surface area contributed by atoms with E-state index in [4.69, 9.17) is 11.6 Å². The molecule has 0 bridgehead atoms. The number of aldehydes is 1. The molecule has 0 fully saturated rings. The number of carbonyl (C=O) groups excluding carboxylic acids is 2. The summed E-state index contributed by atoms with van der Waals surface area (Å²) in [7, 11) is -2.54. The smallest absolute Gasteiger partial charge is 0.261 e. The Bertz CT molecular complexity index is 1290. The summed E-state index contributed by atoms with van der Waals surface area (Å²) in [5.74, 6) is -0.605. The molecule has 9 heteroatoms. The van der Waals surface area contributed by atoms with Crippen molar-refractivity contribution in [1.29, 1.82) is 0 Å². The molecule has 1 amide bonds. The Labute approximate surface area is 198 Å². The first kappa shape index (κ1) is 24.4. The highest BCUT2D eigenvalue weighted by Crippen LogP contribution is 2.31. The third-order valence-electron chi connectivity index (χ3n) is 5.15. The van der Waals surface area contributed by atoms with Gasteiger partial charge in [-0.3, -0.25) is 19.3 Å². The van der Waals surface area contributed by atoms with Gasteiger partial charge in [0.1, 0.15) is 0 Å². The van der Waals surface area contributed by atoms with Gasteiger partial charge in [-0.15, -0.1) is 0 Å². The number of amides is 1. The summed E-state index contributed by atoms with van der Waals surface area (Å²) in [6.07, 6.45) is 3.47. The van der Waals surface area contributed by atoms with Crippen LogP contribution in [-0.2, 0) is 15.4 Å². The standard InChI is InChI=1S/C24H24ClN3O4S/c1-24(2,3)16-5-7-18(8-6-16)33(31,32)27-21-10-9-20(25)19(15-29)22(21)23(30)28(4)17-11-13-26-14-12-17/h5-15,27H,1-4H3. The number of nitrogens with one attached hydrogen (secondary N) is 1. The average Bonchev–Trinajstić information content (AvgIpc) is 2.79. The Kier molecular flexibility index (Phi) is 6.90. The van der Waals surface area contributed by atoms with Gasteiger partial charge < -0.3 is 4.90 Å². The summed E-state index contributed by atoms with van der Waals surface area (Å²) < 4.78 is 28.6. The van der Waals surface area contributed by atoms with E-state index in [1.54, 1.807) is 24.3 Å². The zero-order valence-electron chi connectivity index (χ0n) is 18.7. The third-order valence-corrected chi connectivity index (χ3v) is 6.86. The Hall–Kier alpha value is -3.23. The van der Waals surface area contributed by atoms with Gasteiger partial charge in [0.2, 0.25) is 0 Å². The monoisotopic (exact) mass is 485 g/mol. The Morgan fingerprint density at radius 3 is 2.18 bits per heavy atom. The quantitative estimate of drug-likeness (QED) is 0.500. The van der Waals surface area contributed by atoms with Crippen LogP contribution in [0, 0.1) is 0 Å². The van der Waals surface area contributed by atoms with Crippen molar-refractivity contribution in [3.05, 3.63) is 82.6 Å². The number of halogens is 1. The molecule has 0 saturated heterocycles. The van der Waals surface area contributed by atoms with Crippen LogP contribution >= 0.6 is 11.6 Å². The highest BCUT2D eigenvalue weighted by Gasteiger charge is 2.26. The largest absolute Gasteiger partial charge is 0.311 e. The number of benzene rings is 2. The highest BCUT2D eigenvalue weighted by molar-refractivity contribution is 7.92. The van der Waals surface area contributed by atoms with E-state index in [-0.39, 0.29) is 32.1 Å². The predicted molar refractivity (Wildman–Crippen MR) is 130 cm³/mol. The van der Waals surface area contributed by atoms with Crippen molar-refractivity contribution in [2.24, 2.45) is 0 Å². The lowest BCUT2D eigenvalue weighted by Crippen LogP contribution is -2.29. The van der Waals surface area contributed by atoms with Crippen LogP contribution in [0.5, 0.6) is 0 Å². The summed E-state index contributed by atoms with van der Waals surface area (Å²) >= 11 is 6.16. The van der Waals surface area contributed by atoms with Crippen molar-refractivity contribution in [3.63, 3.8) is 0 Å². The number of carbonyl (C=O) groups is 2. The molecule has 3 rings (SSSR count). The fourth-order valence-corrected chi connectivity index (χ4v) is 4.49. The third kappa shape index (κ3) is 5.23. The van der Waals surface area contributed by atoms with Crippen molar-refractivity contribution in [1.82, 2.24) is 4.98 Å². The fourth-order valence-electron chi connectivity index (χ4n) is 3.22. The number of pyridine rings is 1. The molecule has 172 valence electrons. The van der Waals surface area contributed by atoms with Crippen LogP contribution in [0.15, 0.2) is 65.8 Å². The van der Waals surface area contributed by atoms with Gasteiger partial charge in [-0.1, -0.05) is 44.5 Å². The van der Waals surface area contributed by atoms with Crippen molar-refractivity contribution in [3.8, 4) is 0 Å². The van der Waals surface area contributed by atoms with E-state index in [1.165, 1.54) is 48.6 Å². The van der Waals surface area contributed by atoms with Crippen molar-refractivity contribution < 1.29 is 18.0 Å². The SMILES string of the molecule is CN(C(=O)c1c(NS(=O)(=O)c2ccc(C(C)(C)C)cc2)ccc(Cl)c1C=O)c1ccncc1. The average molecular weight is 486 g/mol. The maximum Gasteiger partial charge on any atom is 0.261 e. The minimum absolute atomic E-state index is 0.0268. The second kappa shape index (κ2) is 9.33. The molecular weight excluding hydrogens is 462 g/mol. The minimum atomic E-state index is -4.05. The number of aromatic nitrogens is 1. The van der Waals surface area contributed by atoms with Crippen molar-refractivity contribution >= 4 is 45.2 Å². The minimum Gasteiger partial charge on any atom is -0.311 e. The molecule has 0 atom stereocenters. The first-order valence-corrected chi connectivity index (χ1v) is 11.9. The van der Waals surface area contributed by atoms with E-state index in [1.807, 2.05) is 20.8 Å². The van der Waals surface area contributed by atoms with Gasteiger partial charge in [0.05, 0.1) is 21.2 Å². The van der Waals surface area contributed by atoms with Gasteiger partial charge >= 0.3 is 0 Å². The van der Waals surface area contributed by atoms with Crippen LogP contribution < -0.4 is 9.62 Å². The Morgan fingerprint density at radius 2 is 1.64 bits per heavy atom. The molecule has 1 N–H and O–H groups in total. The molecule has 0 aliphatic heterocycles. The first-order chi connectivity index (χ1) is 15.5. The molecule has 0 unspecified atom stereocenters. The maximum absolute atomic E-state index is 13.3. The molecule has 7 nitrogen and oxygen atoms in total. The topological polar surface area (TPSA) is 96.4 Å². The van der Waals surface area contributed by atoms with E-state index in [0.717, 1.165) is 5.56 Å². The summed E-state index contributed by atoms with van der Waals surface area (Å²) in [6.45, 7) is 6.09. The van der Waals surface area contributed by atoms with Crippen LogP contribution in [0.2, 0.25) is 5.02 Å². The lowest BCUT2D eigenvalue weighted by atomic mass is 9.87. The molecule has 0 spiro atoms. The van der Waals surface area contributed by atoms with Crippen LogP contribution in [0.4, 0.5) is 11.4 Å². The zero-order valence-corrected chi connectivity index (χ0v) is 20.2. The number of sulfonamides is 1. The number of rotatable bonds is 6. The summed E-state index contributed by atoms with van der Waals surface area (Å²) in [5, 5.41) is 0.0361. The fraction of sp³-hybridized carbons (Fsp3) is 0.208. The number of hydrogen-bond donors (Lipinski definition) is 1. The van der Waals surface area contributed by atoms with Gasteiger partial charge in [0, 0.05) is 30.7 Å². The highest BCUT2D eigenvalue weighted by atomic mass is 35.5. The molecular formula is C24H24ClN3O4S. The summed E-state index contributed by atoms with van der Waals surface area (Å²) in [5.41, 5.74) is 1.05. The normalized spacial score (nSPS) is 11.7. The second-order valence-electron chi connectivity index (χ2n) is 8.45. The molecule has 3 aromatic rings. The predicted octanol–water partition coefficient (Wildman–Crippen LogP) is 4.92. The van der Waals surface area contributed by atoms with E-state index in [9.17, 15) is 18.0 Å². The van der Waals surface area contributed by atoms with Crippen LogP contribution in [-0.4, -0.2) is 32.6 Å². The summed E-state index contributed by atoms with van der Waals surface area (Å²) in [6, 6.07) is 12.5. The molecule has 2 aromatic carbocycles. The molecule has 33 heavy (non-hydrogen) atoms. The number of anilines is 2. The lowest BCUT2D eigenvalue weighted by molar-refractivity contribution is 0.0987. The number of nitrogens with zero attached hydrogens (tertiary/aromatic N) is 2. The molecule has 0 saturated carbocycles. The van der Waals surface area contributed by atoms with Crippen LogP contribution in [0.3, 0.4) is 0 Å². The van der Waals surface area contributed by atoms with Gasteiger partial charge in [-0.05, 0) is 47.4 Å². The Morgan fingerprint density at radius 1 is 1.03 bits per heavy atom. The van der Waals surface area contributed by atoms with Crippen LogP contribution in [0.25, 0.3) is 0 Å². The Balaban J connectivity index is 2.05. The van der Waals surface area contributed by atoms with Crippen LogP contribution in [0.1, 0.15) is 47.1 Å². The molecule has 0 aliphatic carbocycles.